The number of nitrogens with zero attached hydrogens (tertiary/aromatic N) is 1. The normalized spacial score (nSPS) is 18.0. The highest BCUT2D eigenvalue weighted by Gasteiger charge is 2.23. The van der Waals surface area contributed by atoms with Gasteiger partial charge in [0.05, 0.1) is 20.3 Å². The molecule has 0 spiro atoms. The van der Waals surface area contributed by atoms with Crippen molar-refractivity contribution >= 4 is 5.91 Å². The summed E-state index contributed by atoms with van der Waals surface area (Å²) in [7, 11) is 1.67. The van der Waals surface area contributed by atoms with Gasteiger partial charge < -0.3 is 14.4 Å². The van der Waals surface area contributed by atoms with Crippen LogP contribution in [-0.4, -0.2) is 44.2 Å². The topological polar surface area (TPSA) is 38.8 Å². The lowest BCUT2D eigenvalue weighted by Crippen LogP contribution is -2.36. The van der Waals surface area contributed by atoms with Crippen LogP contribution in [0.4, 0.5) is 0 Å². The molecule has 126 valence electrons. The second kappa shape index (κ2) is 7.97. The Morgan fingerprint density at radius 3 is 2.83 bits per heavy atom. The maximum Gasteiger partial charge on any atom is 0.253 e. The van der Waals surface area contributed by atoms with Gasteiger partial charge in [0.2, 0.25) is 0 Å². The minimum atomic E-state index is 0.0803. The Morgan fingerprint density at radius 2 is 2.04 bits per heavy atom. The van der Waals surface area contributed by atoms with Gasteiger partial charge >= 0.3 is 0 Å². The molecule has 0 radical (unpaired) electrons. The van der Waals surface area contributed by atoms with Crippen LogP contribution in [0.1, 0.15) is 15.9 Å². The van der Waals surface area contributed by atoms with Crippen LogP contribution >= 0.6 is 0 Å². The van der Waals surface area contributed by atoms with Crippen molar-refractivity contribution in [3.63, 3.8) is 0 Å². The summed E-state index contributed by atoms with van der Waals surface area (Å²) in [6, 6.07) is 17.5. The van der Waals surface area contributed by atoms with Crippen molar-refractivity contribution in [3.05, 3.63) is 65.7 Å². The third-order valence-electron chi connectivity index (χ3n) is 4.30. The fourth-order valence-electron chi connectivity index (χ4n) is 3.08. The van der Waals surface area contributed by atoms with E-state index in [1.54, 1.807) is 7.11 Å². The molecule has 1 aliphatic heterocycles. The molecule has 1 aliphatic rings. The van der Waals surface area contributed by atoms with E-state index in [1.165, 1.54) is 5.56 Å². The zero-order valence-electron chi connectivity index (χ0n) is 14.0. The molecular formula is C20H23NO3. The zero-order chi connectivity index (χ0) is 16.8. The van der Waals surface area contributed by atoms with E-state index in [0.29, 0.717) is 26.3 Å². The second-order valence-electron chi connectivity index (χ2n) is 6.11. The summed E-state index contributed by atoms with van der Waals surface area (Å²) in [5.41, 5.74) is 1.94. The summed E-state index contributed by atoms with van der Waals surface area (Å²) < 4.78 is 11.0. The third-order valence-corrected chi connectivity index (χ3v) is 4.30. The van der Waals surface area contributed by atoms with Gasteiger partial charge in [-0.1, -0.05) is 30.3 Å². The van der Waals surface area contributed by atoms with Gasteiger partial charge in [-0.2, -0.15) is 0 Å². The Labute approximate surface area is 143 Å². The Kier molecular flexibility index (Phi) is 5.49. The van der Waals surface area contributed by atoms with E-state index in [0.717, 1.165) is 17.7 Å². The summed E-state index contributed by atoms with van der Waals surface area (Å²) in [6.45, 7) is 2.62. The average Bonchev–Trinajstić information content (AvgIpc) is 2.87. The van der Waals surface area contributed by atoms with Gasteiger partial charge in [0.25, 0.3) is 5.91 Å². The first kappa shape index (κ1) is 16.5. The van der Waals surface area contributed by atoms with Gasteiger partial charge in [-0.25, -0.2) is 0 Å². The van der Waals surface area contributed by atoms with Crippen LogP contribution in [0, 0.1) is 5.92 Å². The summed E-state index contributed by atoms with van der Waals surface area (Å²) in [4.78, 5) is 14.6. The molecule has 0 N–H and O–H groups in total. The van der Waals surface area contributed by atoms with Crippen LogP contribution in [0.25, 0.3) is 0 Å². The van der Waals surface area contributed by atoms with E-state index >= 15 is 0 Å². The lowest BCUT2D eigenvalue weighted by molar-refractivity contribution is 0.0737. The number of carbonyl (C=O) groups excluding carboxylic acids is 1. The molecule has 0 aliphatic carbocycles. The summed E-state index contributed by atoms with van der Waals surface area (Å²) in [5.74, 6) is 1.23. The van der Waals surface area contributed by atoms with Crippen molar-refractivity contribution in [1.29, 1.82) is 0 Å². The Hall–Kier alpha value is -2.33. The predicted molar refractivity (Wildman–Crippen MR) is 93.4 cm³/mol. The Balaban J connectivity index is 1.69. The third kappa shape index (κ3) is 4.15. The van der Waals surface area contributed by atoms with Crippen molar-refractivity contribution in [2.24, 2.45) is 5.92 Å². The summed E-state index contributed by atoms with van der Waals surface area (Å²) in [6.07, 6.45) is 0.871. The van der Waals surface area contributed by atoms with Crippen molar-refractivity contribution in [2.45, 2.75) is 6.42 Å². The van der Waals surface area contributed by atoms with Gasteiger partial charge in [-0.15, -0.1) is 0 Å². The first-order chi connectivity index (χ1) is 11.8. The number of rotatable bonds is 4. The molecule has 0 bridgehead atoms. The fourth-order valence-corrected chi connectivity index (χ4v) is 3.08. The van der Waals surface area contributed by atoms with Crippen molar-refractivity contribution in [2.75, 3.05) is 33.4 Å². The highest BCUT2D eigenvalue weighted by molar-refractivity contribution is 5.94. The average molecular weight is 325 g/mol. The molecule has 0 unspecified atom stereocenters. The number of hydrogen-bond acceptors (Lipinski definition) is 3. The van der Waals surface area contributed by atoms with Gasteiger partial charge in [-0.05, 0) is 36.2 Å². The van der Waals surface area contributed by atoms with Gasteiger partial charge in [0, 0.05) is 24.6 Å². The maximum atomic E-state index is 12.7. The molecular weight excluding hydrogens is 302 g/mol. The highest BCUT2D eigenvalue weighted by Crippen LogP contribution is 2.19. The second-order valence-corrected chi connectivity index (χ2v) is 6.11. The number of benzene rings is 2. The van der Waals surface area contributed by atoms with E-state index < -0.39 is 0 Å². The summed E-state index contributed by atoms with van der Waals surface area (Å²) >= 11 is 0. The molecule has 2 aromatic carbocycles. The fraction of sp³-hybridized carbons (Fsp3) is 0.350. The van der Waals surface area contributed by atoms with Crippen molar-refractivity contribution in [3.8, 4) is 5.75 Å². The highest BCUT2D eigenvalue weighted by atomic mass is 16.5. The maximum absolute atomic E-state index is 12.7. The number of ether oxygens (including phenoxy) is 2. The van der Waals surface area contributed by atoms with Gasteiger partial charge in [-0.3, -0.25) is 4.79 Å². The van der Waals surface area contributed by atoms with Crippen LogP contribution in [0.3, 0.4) is 0 Å². The standard InChI is InChI=1S/C20H23NO3/c1-23-19-9-5-6-16(13-19)12-17-14-21(10-11-24-15-17)20(22)18-7-3-2-4-8-18/h2-9,13,17H,10-12,14-15H2,1H3/t17-/m0/s1. The molecule has 1 fully saturated rings. The smallest absolute Gasteiger partial charge is 0.253 e. The quantitative estimate of drug-likeness (QED) is 0.867. The largest absolute Gasteiger partial charge is 0.497 e. The Morgan fingerprint density at radius 1 is 1.21 bits per heavy atom. The first-order valence-corrected chi connectivity index (χ1v) is 8.31. The monoisotopic (exact) mass is 325 g/mol. The minimum absolute atomic E-state index is 0.0803. The van der Waals surface area contributed by atoms with E-state index in [9.17, 15) is 4.79 Å². The molecule has 4 heteroatoms. The SMILES string of the molecule is COc1cccc(C[C@@H]2COCCN(C(=O)c3ccccc3)C2)c1. The predicted octanol–water partition coefficient (Wildman–Crippen LogP) is 3.03. The number of carbonyl (C=O) groups is 1. The molecule has 0 aromatic heterocycles. The molecule has 1 amide bonds. The van der Waals surface area contributed by atoms with E-state index in [-0.39, 0.29) is 11.8 Å². The lowest BCUT2D eigenvalue weighted by atomic mass is 9.99. The molecule has 24 heavy (non-hydrogen) atoms. The van der Waals surface area contributed by atoms with E-state index in [1.807, 2.05) is 53.4 Å². The molecule has 4 nitrogen and oxygen atoms in total. The van der Waals surface area contributed by atoms with Crippen molar-refractivity contribution < 1.29 is 14.3 Å². The Bertz CT molecular complexity index is 672. The molecule has 1 atom stereocenters. The molecule has 1 saturated heterocycles. The zero-order valence-corrected chi connectivity index (χ0v) is 14.0. The lowest BCUT2D eigenvalue weighted by Gasteiger charge is -2.24. The number of methoxy groups -OCH3 is 1. The first-order valence-electron chi connectivity index (χ1n) is 8.31. The molecule has 2 aromatic rings. The summed E-state index contributed by atoms with van der Waals surface area (Å²) in [5, 5.41) is 0. The molecule has 1 heterocycles. The minimum Gasteiger partial charge on any atom is -0.497 e. The van der Waals surface area contributed by atoms with Crippen LogP contribution in [0.15, 0.2) is 54.6 Å². The van der Waals surface area contributed by atoms with E-state index in [2.05, 4.69) is 6.07 Å². The van der Waals surface area contributed by atoms with Crippen LogP contribution in [-0.2, 0) is 11.2 Å². The van der Waals surface area contributed by atoms with Crippen LogP contribution in [0.5, 0.6) is 5.75 Å². The van der Waals surface area contributed by atoms with Crippen molar-refractivity contribution in [1.82, 2.24) is 4.90 Å². The number of amides is 1. The molecule has 3 rings (SSSR count). The number of hydrogen-bond donors (Lipinski definition) is 0. The van der Waals surface area contributed by atoms with Gasteiger partial charge in [0.15, 0.2) is 0 Å². The molecule has 0 saturated carbocycles. The van der Waals surface area contributed by atoms with Crippen LogP contribution < -0.4 is 4.74 Å². The van der Waals surface area contributed by atoms with E-state index in [4.69, 9.17) is 9.47 Å². The van der Waals surface area contributed by atoms with Crippen LogP contribution in [0.2, 0.25) is 0 Å². The van der Waals surface area contributed by atoms with Gasteiger partial charge in [0.1, 0.15) is 5.75 Å².